The number of thioether (sulfide) groups is 1. The van der Waals surface area contributed by atoms with Crippen molar-refractivity contribution in [3.8, 4) is 5.75 Å². The van der Waals surface area contributed by atoms with Crippen molar-refractivity contribution in [1.82, 2.24) is 10.3 Å². The fourth-order valence-electron chi connectivity index (χ4n) is 3.15. The minimum atomic E-state index is 0.376. The SMILES string of the molecule is CCCc1c(SC)[nH]c2c(N3CCNCC3)c(O)ccc12. The summed E-state index contributed by atoms with van der Waals surface area (Å²) in [5, 5.41) is 16.2. The normalized spacial score (nSPS) is 15.8. The van der Waals surface area contributed by atoms with Crippen LogP contribution in [-0.2, 0) is 6.42 Å². The lowest BCUT2D eigenvalue weighted by Crippen LogP contribution is -2.43. The van der Waals surface area contributed by atoms with E-state index in [1.165, 1.54) is 16.0 Å². The van der Waals surface area contributed by atoms with Crippen LogP contribution in [0.3, 0.4) is 0 Å². The number of aromatic hydroxyl groups is 1. The van der Waals surface area contributed by atoms with Gasteiger partial charge in [0.2, 0.25) is 0 Å². The van der Waals surface area contributed by atoms with Crippen LogP contribution in [-0.4, -0.2) is 42.5 Å². The van der Waals surface area contributed by atoms with Gasteiger partial charge in [0.05, 0.1) is 10.5 Å². The number of benzene rings is 1. The number of hydrogen-bond acceptors (Lipinski definition) is 4. The highest BCUT2D eigenvalue weighted by Crippen LogP contribution is 2.40. The fourth-order valence-corrected chi connectivity index (χ4v) is 3.81. The number of aromatic nitrogens is 1. The molecule has 4 nitrogen and oxygen atoms in total. The number of phenols is 1. The van der Waals surface area contributed by atoms with E-state index in [1.807, 2.05) is 6.07 Å². The number of aromatic amines is 1. The first-order valence-corrected chi connectivity index (χ1v) is 8.85. The van der Waals surface area contributed by atoms with E-state index < -0.39 is 0 Å². The monoisotopic (exact) mass is 305 g/mol. The summed E-state index contributed by atoms with van der Waals surface area (Å²) in [4.78, 5) is 5.83. The second kappa shape index (κ2) is 6.20. The van der Waals surface area contributed by atoms with Gasteiger partial charge in [-0.25, -0.2) is 0 Å². The topological polar surface area (TPSA) is 51.3 Å². The summed E-state index contributed by atoms with van der Waals surface area (Å²) in [5.41, 5.74) is 3.44. The van der Waals surface area contributed by atoms with Crippen molar-refractivity contribution < 1.29 is 5.11 Å². The molecule has 1 aliphatic rings. The van der Waals surface area contributed by atoms with E-state index in [-0.39, 0.29) is 0 Å². The second-order valence-electron chi connectivity index (χ2n) is 5.48. The van der Waals surface area contributed by atoms with E-state index >= 15 is 0 Å². The number of piperazine rings is 1. The van der Waals surface area contributed by atoms with Gasteiger partial charge in [0.15, 0.2) is 0 Å². The van der Waals surface area contributed by atoms with Gasteiger partial charge in [-0.1, -0.05) is 13.3 Å². The van der Waals surface area contributed by atoms with E-state index in [2.05, 4.69) is 34.4 Å². The Hall–Kier alpha value is -1.33. The molecule has 3 N–H and O–H groups in total. The number of hydrogen-bond donors (Lipinski definition) is 3. The molecule has 114 valence electrons. The molecular weight excluding hydrogens is 282 g/mol. The third kappa shape index (κ3) is 2.60. The molecule has 0 unspecified atom stereocenters. The maximum absolute atomic E-state index is 10.4. The molecule has 0 atom stereocenters. The van der Waals surface area contributed by atoms with Crippen LogP contribution >= 0.6 is 11.8 Å². The Balaban J connectivity index is 2.16. The molecule has 0 bridgehead atoms. The predicted octanol–water partition coefficient (Wildman–Crippen LogP) is 2.96. The van der Waals surface area contributed by atoms with Crippen LogP contribution in [0.5, 0.6) is 5.75 Å². The molecule has 0 aliphatic carbocycles. The van der Waals surface area contributed by atoms with Crippen molar-refractivity contribution in [3.05, 3.63) is 17.7 Å². The summed E-state index contributed by atoms with van der Waals surface area (Å²) >= 11 is 1.75. The van der Waals surface area contributed by atoms with Gasteiger partial charge < -0.3 is 20.3 Å². The Bertz CT molecular complexity index is 632. The molecule has 0 amide bonds. The van der Waals surface area contributed by atoms with Crippen molar-refractivity contribution in [1.29, 1.82) is 0 Å². The number of phenolic OH excluding ortho intramolecular Hbond substituents is 1. The molecule has 1 aromatic carbocycles. The molecule has 5 heteroatoms. The van der Waals surface area contributed by atoms with E-state index in [1.54, 1.807) is 11.8 Å². The third-order valence-electron chi connectivity index (χ3n) is 4.13. The first kappa shape index (κ1) is 14.6. The van der Waals surface area contributed by atoms with E-state index in [0.29, 0.717) is 5.75 Å². The van der Waals surface area contributed by atoms with Gasteiger partial charge in [0.25, 0.3) is 0 Å². The molecule has 2 aromatic rings. The Labute approximate surface area is 129 Å². The Morgan fingerprint density at radius 1 is 1.29 bits per heavy atom. The molecule has 1 fully saturated rings. The lowest BCUT2D eigenvalue weighted by Gasteiger charge is -2.30. The van der Waals surface area contributed by atoms with Crippen LogP contribution < -0.4 is 10.2 Å². The average Bonchev–Trinajstić information content (AvgIpc) is 2.86. The first-order valence-electron chi connectivity index (χ1n) is 7.62. The second-order valence-corrected chi connectivity index (χ2v) is 6.30. The molecule has 1 aliphatic heterocycles. The number of nitrogens with one attached hydrogen (secondary N) is 2. The van der Waals surface area contributed by atoms with Gasteiger partial charge in [0.1, 0.15) is 11.4 Å². The molecule has 0 saturated carbocycles. The molecular formula is C16H23N3OS. The molecule has 1 aromatic heterocycles. The molecule has 0 spiro atoms. The molecule has 21 heavy (non-hydrogen) atoms. The highest BCUT2D eigenvalue weighted by molar-refractivity contribution is 7.98. The highest BCUT2D eigenvalue weighted by Gasteiger charge is 2.21. The van der Waals surface area contributed by atoms with Gasteiger partial charge in [0, 0.05) is 31.6 Å². The van der Waals surface area contributed by atoms with Gasteiger partial charge in [-0.3, -0.25) is 0 Å². The maximum Gasteiger partial charge on any atom is 0.141 e. The van der Waals surface area contributed by atoms with Crippen LogP contribution in [0.25, 0.3) is 10.9 Å². The zero-order valence-electron chi connectivity index (χ0n) is 12.7. The van der Waals surface area contributed by atoms with E-state index in [9.17, 15) is 5.11 Å². The number of anilines is 1. The molecule has 2 heterocycles. The minimum absolute atomic E-state index is 0.376. The van der Waals surface area contributed by atoms with Crippen molar-refractivity contribution in [2.45, 2.75) is 24.8 Å². The van der Waals surface area contributed by atoms with Gasteiger partial charge in [-0.2, -0.15) is 0 Å². The standard InChI is InChI=1S/C16H23N3OS/c1-3-4-12-11-5-6-13(20)15(14(11)18-16(12)21-2)19-9-7-17-8-10-19/h5-6,17-18,20H,3-4,7-10H2,1-2H3. The quantitative estimate of drug-likeness (QED) is 0.760. The van der Waals surface area contributed by atoms with E-state index in [4.69, 9.17) is 0 Å². The lowest BCUT2D eigenvalue weighted by atomic mass is 10.1. The zero-order chi connectivity index (χ0) is 14.8. The average molecular weight is 305 g/mol. The van der Waals surface area contributed by atoms with Gasteiger partial charge >= 0.3 is 0 Å². The fraction of sp³-hybridized carbons (Fsp3) is 0.500. The largest absolute Gasteiger partial charge is 0.506 e. The Morgan fingerprint density at radius 2 is 2.05 bits per heavy atom. The van der Waals surface area contributed by atoms with Crippen molar-refractivity contribution in [2.75, 3.05) is 37.3 Å². The van der Waals surface area contributed by atoms with Crippen molar-refractivity contribution >= 4 is 28.4 Å². The van der Waals surface area contributed by atoms with Gasteiger partial charge in [-0.15, -0.1) is 11.8 Å². The lowest BCUT2D eigenvalue weighted by molar-refractivity contribution is 0.471. The number of fused-ring (bicyclic) bond motifs is 1. The van der Waals surface area contributed by atoms with Crippen LogP contribution in [0.4, 0.5) is 5.69 Å². The smallest absolute Gasteiger partial charge is 0.141 e. The third-order valence-corrected chi connectivity index (χ3v) is 4.89. The molecule has 0 radical (unpaired) electrons. The van der Waals surface area contributed by atoms with Crippen LogP contribution in [0.1, 0.15) is 18.9 Å². The van der Waals surface area contributed by atoms with Gasteiger partial charge in [-0.05, 0) is 30.4 Å². The summed E-state index contributed by atoms with van der Waals surface area (Å²) in [6.07, 6.45) is 4.31. The molecule has 1 saturated heterocycles. The van der Waals surface area contributed by atoms with Crippen LogP contribution in [0.2, 0.25) is 0 Å². The zero-order valence-corrected chi connectivity index (χ0v) is 13.5. The number of H-pyrrole nitrogens is 1. The van der Waals surface area contributed by atoms with Crippen molar-refractivity contribution in [2.24, 2.45) is 0 Å². The number of rotatable bonds is 4. The van der Waals surface area contributed by atoms with Crippen molar-refractivity contribution in [3.63, 3.8) is 0 Å². The number of aryl methyl sites for hydroxylation is 1. The summed E-state index contributed by atoms with van der Waals surface area (Å²) in [7, 11) is 0. The maximum atomic E-state index is 10.4. The number of nitrogens with zero attached hydrogens (tertiary/aromatic N) is 1. The molecule has 3 rings (SSSR count). The highest BCUT2D eigenvalue weighted by atomic mass is 32.2. The predicted molar refractivity (Wildman–Crippen MR) is 90.8 cm³/mol. The van der Waals surface area contributed by atoms with Crippen LogP contribution in [0, 0.1) is 0 Å². The summed E-state index contributed by atoms with van der Waals surface area (Å²) in [5.74, 6) is 0.376. The Morgan fingerprint density at radius 3 is 2.71 bits per heavy atom. The summed E-state index contributed by atoms with van der Waals surface area (Å²) < 4.78 is 0. The minimum Gasteiger partial charge on any atom is -0.506 e. The van der Waals surface area contributed by atoms with Crippen LogP contribution in [0.15, 0.2) is 17.2 Å². The summed E-state index contributed by atoms with van der Waals surface area (Å²) in [6.45, 7) is 6.01. The van der Waals surface area contributed by atoms with E-state index in [0.717, 1.165) is 50.2 Å². The Kier molecular flexibility index (Phi) is 4.31. The summed E-state index contributed by atoms with van der Waals surface area (Å²) in [6, 6.07) is 3.90. The first-order chi connectivity index (χ1) is 10.3.